The van der Waals surface area contributed by atoms with Gasteiger partial charge in [0.15, 0.2) is 0 Å². The van der Waals surface area contributed by atoms with Crippen molar-refractivity contribution in [1.82, 2.24) is 9.47 Å². The van der Waals surface area contributed by atoms with Crippen LogP contribution in [-0.4, -0.2) is 41.1 Å². The smallest absolute Gasteiger partial charge is 0.269 e. The number of amides is 1. The van der Waals surface area contributed by atoms with E-state index < -0.39 is 5.82 Å². The summed E-state index contributed by atoms with van der Waals surface area (Å²) in [7, 11) is 3.82. The van der Waals surface area contributed by atoms with Crippen LogP contribution in [0.3, 0.4) is 0 Å². The summed E-state index contributed by atoms with van der Waals surface area (Å²) in [5, 5.41) is 12.2. The van der Waals surface area contributed by atoms with E-state index in [0.29, 0.717) is 39.1 Å². The van der Waals surface area contributed by atoms with E-state index in [4.69, 9.17) is 0 Å². The van der Waals surface area contributed by atoms with Crippen molar-refractivity contribution < 1.29 is 14.3 Å². The molecule has 0 radical (unpaired) electrons. The van der Waals surface area contributed by atoms with Crippen LogP contribution in [0.1, 0.15) is 11.1 Å². The molecule has 154 valence electrons. The predicted molar refractivity (Wildman–Crippen MR) is 116 cm³/mol. The van der Waals surface area contributed by atoms with Gasteiger partial charge in [-0.2, -0.15) is 0 Å². The Morgan fingerprint density at radius 3 is 2.60 bits per heavy atom. The standard InChI is InChI=1S/C22H20FN3O3S/c1-25(2)9-10-26-21(29)18(11-13-3-6-15(27)7-4-13)30-22(26)19-16-8-5-14(23)12-17(16)24-20(19)28/h3-8,11-12,27H,9-10H2,1-2H3,(H,24,28)/b18-11-,22-19+. The zero-order chi connectivity index (χ0) is 21.4. The summed E-state index contributed by atoms with van der Waals surface area (Å²) in [5.74, 6) is -0.649. The lowest BCUT2D eigenvalue weighted by atomic mass is 10.1. The Labute approximate surface area is 175 Å². The van der Waals surface area contributed by atoms with E-state index in [0.717, 1.165) is 5.56 Å². The van der Waals surface area contributed by atoms with Crippen molar-refractivity contribution in [2.24, 2.45) is 0 Å². The number of rotatable bonds is 4. The normalized spacial score (nSPS) is 15.6. The number of anilines is 1. The van der Waals surface area contributed by atoms with Crippen LogP contribution in [0, 0.1) is 5.82 Å². The third-order valence-electron chi connectivity index (χ3n) is 4.81. The molecule has 1 aliphatic heterocycles. The van der Waals surface area contributed by atoms with E-state index in [2.05, 4.69) is 5.32 Å². The van der Waals surface area contributed by atoms with Crippen LogP contribution in [0.5, 0.6) is 5.75 Å². The third kappa shape index (κ3) is 3.79. The van der Waals surface area contributed by atoms with Crippen molar-refractivity contribution in [3.05, 3.63) is 79.0 Å². The van der Waals surface area contributed by atoms with Crippen LogP contribution in [0.15, 0.2) is 47.3 Å². The maximum atomic E-state index is 13.6. The number of carbonyl (C=O) groups is 1. The molecular formula is C22H20FN3O3S. The van der Waals surface area contributed by atoms with Gasteiger partial charge in [-0.3, -0.25) is 14.2 Å². The van der Waals surface area contributed by atoms with E-state index in [-0.39, 0.29) is 17.2 Å². The van der Waals surface area contributed by atoms with Crippen molar-refractivity contribution >= 4 is 34.6 Å². The monoisotopic (exact) mass is 425 g/mol. The van der Waals surface area contributed by atoms with Crippen LogP contribution in [0.4, 0.5) is 10.1 Å². The van der Waals surface area contributed by atoms with Crippen molar-refractivity contribution in [2.45, 2.75) is 6.54 Å². The number of aromatic nitrogens is 1. The molecule has 6 nitrogen and oxygen atoms in total. The fourth-order valence-electron chi connectivity index (χ4n) is 3.29. The largest absolute Gasteiger partial charge is 0.508 e. The Kier molecular flexibility index (Phi) is 5.27. The molecule has 0 spiro atoms. The molecule has 2 N–H and O–H groups in total. The number of likely N-dealkylation sites (N-methyl/N-ethyl adjacent to an activating group) is 1. The lowest BCUT2D eigenvalue weighted by molar-refractivity contribution is -0.110. The molecule has 0 fully saturated rings. The summed E-state index contributed by atoms with van der Waals surface area (Å²) < 4.78 is 16.2. The number of phenolic OH excluding ortho intramolecular Hbond substituents is 1. The maximum Gasteiger partial charge on any atom is 0.269 e. The number of aromatic hydroxyl groups is 1. The molecule has 8 heteroatoms. The second-order valence-corrected chi connectivity index (χ2v) is 8.32. The molecule has 1 amide bonds. The molecule has 0 aliphatic carbocycles. The molecule has 0 unspecified atom stereocenters. The van der Waals surface area contributed by atoms with Crippen molar-refractivity contribution in [1.29, 1.82) is 0 Å². The second-order valence-electron chi connectivity index (χ2n) is 7.29. The van der Waals surface area contributed by atoms with Crippen molar-refractivity contribution in [3.63, 3.8) is 0 Å². The van der Waals surface area contributed by atoms with E-state index >= 15 is 0 Å². The van der Waals surface area contributed by atoms with Gasteiger partial charge in [-0.05, 0) is 56.1 Å². The van der Waals surface area contributed by atoms with Crippen LogP contribution >= 0.6 is 11.3 Å². The summed E-state index contributed by atoms with van der Waals surface area (Å²) in [6.45, 7) is 1.03. The fraction of sp³-hybridized carbons (Fsp3) is 0.182. The zero-order valence-corrected chi connectivity index (χ0v) is 17.3. The summed E-state index contributed by atoms with van der Waals surface area (Å²) in [5.41, 5.74) is 1.93. The molecular weight excluding hydrogens is 405 g/mol. The Morgan fingerprint density at radius 2 is 1.90 bits per heavy atom. The minimum Gasteiger partial charge on any atom is -0.508 e. The van der Waals surface area contributed by atoms with E-state index in [9.17, 15) is 19.1 Å². The number of thiazole rings is 1. The molecule has 3 aromatic rings. The van der Waals surface area contributed by atoms with Gasteiger partial charge in [0, 0.05) is 18.7 Å². The minimum atomic E-state index is -0.437. The Balaban J connectivity index is 1.98. The highest BCUT2D eigenvalue weighted by molar-refractivity contribution is 7.07. The average Bonchev–Trinajstić information content (AvgIpc) is 3.17. The molecule has 0 saturated heterocycles. The molecule has 0 bridgehead atoms. The number of carbonyl (C=O) groups excluding carboxylic acids is 1. The van der Waals surface area contributed by atoms with Gasteiger partial charge < -0.3 is 15.3 Å². The minimum absolute atomic E-state index is 0.143. The summed E-state index contributed by atoms with van der Waals surface area (Å²) in [6.07, 6.45) is 1.74. The number of nitrogens with one attached hydrogen (secondary N) is 1. The van der Waals surface area contributed by atoms with E-state index in [1.54, 1.807) is 41.0 Å². The Hall–Kier alpha value is -3.23. The third-order valence-corrected chi connectivity index (χ3v) is 5.94. The van der Waals surface area contributed by atoms with Crippen molar-refractivity contribution in [3.8, 4) is 5.75 Å². The maximum absolute atomic E-state index is 13.6. The summed E-state index contributed by atoms with van der Waals surface area (Å²) in [6, 6.07) is 10.7. The number of phenols is 1. The van der Waals surface area contributed by atoms with Crippen LogP contribution in [0.2, 0.25) is 0 Å². The van der Waals surface area contributed by atoms with Gasteiger partial charge in [0.25, 0.3) is 11.5 Å². The fourth-order valence-corrected chi connectivity index (χ4v) is 4.48. The highest BCUT2D eigenvalue weighted by Crippen LogP contribution is 2.30. The highest BCUT2D eigenvalue weighted by atomic mass is 32.1. The number of halogens is 1. The van der Waals surface area contributed by atoms with Crippen molar-refractivity contribution in [2.75, 3.05) is 26.0 Å². The second kappa shape index (κ2) is 7.89. The van der Waals surface area contributed by atoms with Gasteiger partial charge >= 0.3 is 0 Å². The zero-order valence-electron chi connectivity index (χ0n) is 16.5. The first-order valence-corrected chi connectivity index (χ1v) is 10.2. The topological polar surface area (TPSA) is 74.6 Å². The number of benzene rings is 2. The molecule has 0 atom stereocenters. The van der Waals surface area contributed by atoms with Gasteiger partial charge in [-0.25, -0.2) is 4.39 Å². The van der Waals surface area contributed by atoms with E-state index in [1.165, 1.54) is 23.5 Å². The highest BCUT2D eigenvalue weighted by Gasteiger charge is 2.27. The molecule has 4 rings (SSSR count). The lowest BCUT2D eigenvalue weighted by Crippen LogP contribution is -2.36. The van der Waals surface area contributed by atoms with Crippen LogP contribution in [0.25, 0.3) is 11.6 Å². The molecule has 1 aromatic heterocycles. The molecule has 2 heterocycles. The first kappa shape index (κ1) is 20.1. The Bertz CT molecular complexity index is 1310. The number of hydrogen-bond acceptors (Lipinski definition) is 5. The van der Waals surface area contributed by atoms with Gasteiger partial charge in [-0.15, -0.1) is 11.3 Å². The van der Waals surface area contributed by atoms with Gasteiger partial charge in [0.2, 0.25) is 0 Å². The number of hydrogen-bond donors (Lipinski definition) is 2. The molecule has 30 heavy (non-hydrogen) atoms. The first-order chi connectivity index (χ1) is 14.3. The van der Waals surface area contributed by atoms with Crippen LogP contribution < -0.4 is 20.1 Å². The van der Waals surface area contributed by atoms with Gasteiger partial charge in [0.1, 0.15) is 16.2 Å². The summed E-state index contributed by atoms with van der Waals surface area (Å²) >= 11 is 1.23. The molecule has 2 aromatic carbocycles. The molecule has 1 aliphatic rings. The predicted octanol–water partition coefficient (Wildman–Crippen LogP) is 1.30. The Morgan fingerprint density at radius 1 is 1.17 bits per heavy atom. The molecule has 0 saturated carbocycles. The van der Waals surface area contributed by atoms with E-state index in [1.807, 2.05) is 19.0 Å². The average molecular weight is 425 g/mol. The van der Waals surface area contributed by atoms with Crippen LogP contribution in [-0.2, 0) is 11.3 Å². The van der Waals surface area contributed by atoms with Gasteiger partial charge in [-0.1, -0.05) is 12.1 Å². The number of fused-ring (bicyclic) bond motifs is 1. The lowest BCUT2D eigenvalue weighted by Gasteiger charge is -2.10. The summed E-state index contributed by atoms with van der Waals surface area (Å²) in [4.78, 5) is 27.9. The first-order valence-electron chi connectivity index (χ1n) is 9.34. The quantitative estimate of drug-likeness (QED) is 0.661. The SMILES string of the molecule is CN(C)CCn1c(=O)/c(=C/c2ccc(O)cc2)s/c1=C1/C(=O)Nc2cc(F)ccc21. The van der Waals surface area contributed by atoms with Gasteiger partial charge in [0.05, 0.1) is 15.8 Å². The number of nitrogens with zero attached hydrogens (tertiary/aromatic N) is 2.